The van der Waals surface area contributed by atoms with Gasteiger partial charge in [-0.3, -0.25) is 4.79 Å². The first kappa shape index (κ1) is 29.4. The number of nitrogens with zero attached hydrogens (tertiary/aromatic N) is 1. The Morgan fingerprint density at radius 3 is 2.49 bits per heavy atom. The zero-order valence-corrected chi connectivity index (χ0v) is 22.9. The van der Waals surface area contributed by atoms with Gasteiger partial charge in [0.25, 0.3) is 0 Å². The molecule has 2 aliphatic rings. The largest absolute Gasteiger partial charge is 0.465 e. The van der Waals surface area contributed by atoms with Crippen molar-refractivity contribution in [3.8, 4) is 0 Å². The third-order valence-corrected chi connectivity index (χ3v) is 8.66. The molecular formula is C30H48N2O5. The second-order valence-electron chi connectivity index (χ2n) is 11.4. The molecule has 1 aromatic rings. The van der Waals surface area contributed by atoms with Crippen molar-refractivity contribution in [3.63, 3.8) is 0 Å². The molecule has 3 N–H and O–H groups in total. The van der Waals surface area contributed by atoms with Crippen molar-refractivity contribution < 1.29 is 24.5 Å². The van der Waals surface area contributed by atoms with Gasteiger partial charge in [-0.05, 0) is 62.3 Å². The van der Waals surface area contributed by atoms with E-state index < -0.39 is 11.7 Å². The lowest BCUT2D eigenvalue weighted by Crippen LogP contribution is -2.48. The summed E-state index contributed by atoms with van der Waals surface area (Å²) < 4.78 is 5.21. The van der Waals surface area contributed by atoms with E-state index in [0.717, 1.165) is 56.9 Å². The first-order valence-electron chi connectivity index (χ1n) is 14.3. The number of amides is 2. The average Bonchev–Trinajstić information content (AvgIpc) is 2.92. The molecule has 2 saturated carbocycles. The molecule has 0 heterocycles. The number of benzene rings is 1. The highest BCUT2D eigenvalue weighted by atomic mass is 16.5. The van der Waals surface area contributed by atoms with Gasteiger partial charge in [-0.1, -0.05) is 68.9 Å². The standard InChI is InChI=1S/C30H48N2O5/c1-32(29(34)35)22-27(20-23-12-5-3-6-13-23)31-28(33)24-14-11-17-26(21-24)30(36,18-9-10-19-37-2)25-15-7-4-8-16-25/h4,7-8,15-16,23-24,26-27,36H,3,5-6,9-14,17-22H2,1-2H3,(H,31,33)(H,34,35)/t24?,26?,27-,30?/m0/s1. The molecule has 3 rings (SSSR count). The van der Waals surface area contributed by atoms with Gasteiger partial charge in [0.1, 0.15) is 0 Å². The van der Waals surface area contributed by atoms with Crippen LogP contribution in [-0.2, 0) is 15.1 Å². The maximum Gasteiger partial charge on any atom is 0.407 e. The number of rotatable bonds is 13. The maximum absolute atomic E-state index is 13.5. The van der Waals surface area contributed by atoms with Gasteiger partial charge in [0.05, 0.1) is 5.60 Å². The first-order valence-corrected chi connectivity index (χ1v) is 14.3. The van der Waals surface area contributed by atoms with Crippen LogP contribution in [0, 0.1) is 17.8 Å². The number of carboxylic acid groups (broad SMARTS) is 1. The van der Waals surface area contributed by atoms with Crippen molar-refractivity contribution in [3.05, 3.63) is 35.9 Å². The molecule has 0 aromatic heterocycles. The number of aliphatic hydroxyl groups is 1. The van der Waals surface area contributed by atoms with Crippen LogP contribution in [0.15, 0.2) is 30.3 Å². The molecule has 2 fully saturated rings. The molecule has 0 bridgehead atoms. The molecule has 0 aliphatic heterocycles. The lowest BCUT2D eigenvalue weighted by atomic mass is 9.68. The lowest BCUT2D eigenvalue weighted by Gasteiger charge is -2.41. The summed E-state index contributed by atoms with van der Waals surface area (Å²) in [6.07, 6.45) is 11.5. The number of likely N-dealkylation sites (N-methyl/N-ethyl adjacent to an activating group) is 1. The Morgan fingerprint density at radius 2 is 1.81 bits per heavy atom. The molecule has 4 atom stereocenters. The zero-order chi connectivity index (χ0) is 26.7. The summed E-state index contributed by atoms with van der Waals surface area (Å²) in [6, 6.07) is 9.73. The van der Waals surface area contributed by atoms with Crippen molar-refractivity contribution in [2.75, 3.05) is 27.3 Å². The average molecular weight is 517 g/mol. The van der Waals surface area contributed by atoms with Gasteiger partial charge in [0, 0.05) is 39.3 Å². The normalized spacial score (nSPS) is 23.1. The van der Waals surface area contributed by atoms with E-state index in [2.05, 4.69) is 5.32 Å². The molecule has 208 valence electrons. The highest BCUT2D eigenvalue weighted by Crippen LogP contribution is 2.44. The Hall–Kier alpha value is -2.12. The Kier molecular flexibility index (Phi) is 11.7. The molecule has 7 heteroatoms. The van der Waals surface area contributed by atoms with Crippen LogP contribution in [0.2, 0.25) is 0 Å². The minimum absolute atomic E-state index is 0.000401. The fraction of sp³-hybridized carbons (Fsp3) is 0.733. The SMILES string of the molecule is COCCCCC(O)(c1ccccc1)C1CCCC(C(=O)N[C@@H](CC2CCCCC2)CN(C)C(=O)O)C1. The number of methoxy groups -OCH3 is 1. The van der Waals surface area contributed by atoms with Gasteiger partial charge in [-0.25, -0.2) is 4.79 Å². The molecule has 2 aliphatic carbocycles. The van der Waals surface area contributed by atoms with Crippen molar-refractivity contribution in [2.45, 2.75) is 95.1 Å². The Morgan fingerprint density at radius 1 is 1.08 bits per heavy atom. The molecule has 0 spiro atoms. The van der Waals surface area contributed by atoms with Crippen LogP contribution in [0.4, 0.5) is 4.79 Å². The molecule has 0 radical (unpaired) electrons. The maximum atomic E-state index is 13.5. The molecule has 3 unspecified atom stereocenters. The molecule has 37 heavy (non-hydrogen) atoms. The number of unbranched alkanes of at least 4 members (excludes halogenated alkanes) is 1. The summed E-state index contributed by atoms with van der Waals surface area (Å²) in [7, 11) is 3.27. The molecular weight excluding hydrogens is 468 g/mol. The highest BCUT2D eigenvalue weighted by Gasteiger charge is 2.42. The van der Waals surface area contributed by atoms with Crippen molar-refractivity contribution in [1.82, 2.24) is 10.2 Å². The van der Waals surface area contributed by atoms with Crippen molar-refractivity contribution >= 4 is 12.0 Å². The fourth-order valence-electron chi connectivity index (χ4n) is 6.55. The van der Waals surface area contributed by atoms with E-state index in [1.807, 2.05) is 30.3 Å². The third kappa shape index (κ3) is 8.71. The Balaban J connectivity index is 1.69. The van der Waals surface area contributed by atoms with Gasteiger partial charge in [-0.15, -0.1) is 0 Å². The molecule has 2 amide bonds. The van der Waals surface area contributed by atoms with Crippen LogP contribution in [0.1, 0.15) is 89.0 Å². The van der Waals surface area contributed by atoms with Crippen LogP contribution >= 0.6 is 0 Å². The highest BCUT2D eigenvalue weighted by molar-refractivity contribution is 5.79. The van der Waals surface area contributed by atoms with Gasteiger partial charge >= 0.3 is 6.09 Å². The lowest BCUT2D eigenvalue weighted by molar-refractivity contribution is -0.129. The van der Waals surface area contributed by atoms with E-state index in [9.17, 15) is 19.8 Å². The fourth-order valence-corrected chi connectivity index (χ4v) is 6.55. The third-order valence-electron chi connectivity index (χ3n) is 8.66. The summed E-state index contributed by atoms with van der Waals surface area (Å²) >= 11 is 0. The van der Waals surface area contributed by atoms with E-state index >= 15 is 0 Å². The number of hydrogen-bond donors (Lipinski definition) is 3. The van der Waals surface area contributed by atoms with Crippen LogP contribution in [0.25, 0.3) is 0 Å². The van der Waals surface area contributed by atoms with Gasteiger partial charge in [0.2, 0.25) is 5.91 Å². The Bertz CT molecular complexity index is 829. The summed E-state index contributed by atoms with van der Waals surface area (Å²) in [5, 5.41) is 24.7. The summed E-state index contributed by atoms with van der Waals surface area (Å²) in [5.74, 6) is 0.382. The zero-order valence-electron chi connectivity index (χ0n) is 22.9. The second kappa shape index (κ2) is 14.7. The van der Waals surface area contributed by atoms with E-state index in [-0.39, 0.29) is 23.8 Å². The second-order valence-corrected chi connectivity index (χ2v) is 11.4. The predicted octanol–water partition coefficient (Wildman–Crippen LogP) is 5.56. The quantitative estimate of drug-likeness (QED) is 0.298. The van der Waals surface area contributed by atoms with E-state index in [0.29, 0.717) is 31.9 Å². The van der Waals surface area contributed by atoms with Crippen LogP contribution in [-0.4, -0.2) is 60.5 Å². The van der Waals surface area contributed by atoms with Crippen LogP contribution < -0.4 is 5.32 Å². The smallest absolute Gasteiger partial charge is 0.407 e. The molecule has 1 aromatic carbocycles. The Labute approximate surface area is 223 Å². The molecule has 0 saturated heterocycles. The van der Waals surface area contributed by atoms with Gasteiger partial charge < -0.3 is 25.2 Å². The first-order chi connectivity index (χ1) is 17.8. The van der Waals surface area contributed by atoms with E-state index in [4.69, 9.17) is 4.74 Å². The number of nitrogens with one attached hydrogen (secondary N) is 1. The molecule has 7 nitrogen and oxygen atoms in total. The number of hydrogen-bond acceptors (Lipinski definition) is 4. The minimum atomic E-state index is -0.973. The van der Waals surface area contributed by atoms with E-state index in [1.165, 1.54) is 24.2 Å². The van der Waals surface area contributed by atoms with Gasteiger partial charge in [-0.2, -0.15) is 0 Å². The van der Waals surface area contributed by atoms with Crippen LogP contribution in [0.3, 0.4) is 0 Å². The monoisotopic (exact) mass is 516 g/mol. The topological polar surface area (TPSA) is 99.1 Å². The van der Waals surface area contributed by atoms with Gasteiger partial charge in [0.15, 0.2) is 0 Å². The number of ether oxygens (including phenoxy) is 1. The van der Waals surface area contributed by atoms with E-state index in [1.54, 1.807) is 14.2 Å². The minimum Gasteiger partial charge on any atom is -0.465 e. The summed E-state index contributed by atoms with van der Waals surface area (Å²) in [4.78, 5) is 26.3. The van der Waals surface area contributed by atoms with Crippen molar-refractivity contribution in [2.24, 2.45) is 17.8 Å². The van der Waals surface area contributed by atoms with Crippen LogP contribution in [0.5, 0.6) is 0 Å². The number of carbonyl (C=O) groups excluding carboxylic acids is 1. The summed E-state index contributed by atoms with van der Waals surface area (Å²) in [6.45, 7) is 0.981. The van der Waals surface area contributed by atoms with Crippen molar-refractivity contribution in [1.29, 1.82) is 0 Å². The predicted molar refractivity (Wildman–Crippen MR) is 145 cm³/mol. The summed E-state index contributed by atoms with van der Waals surface area (Å²) in [5.41, 5.74) is -0.0457. The number of carbonyl (C=O) groups is 2.